The van der Waals surface area contributed by atoms with Crippen LogP contribution in [0, 0.1) is 0 Å². The van der Waals surface area contributed by atoms with Gasteiger partial charge in [0, 0.05) is 19.6 Å². The summed E-state index contributed by atoms with van der Waals surface area (Å²) < 4.78 is 13.3. The third-order valence-corrected chi connectivity index (χ3v) is 3.64. The number of likely N-dealkylation sites (N-methyl/N-ethyl adjacent to an activating group) is 2. The largest absolute Gasteiger partial charge is 0.493 e. The van der Waals surface area contributed by atoms with E-state index in [-0.39, 0.29) is 12.1 Å². The lowest BCUT2D eigenvalue weighted by atomic mass is 10.1. The first-order valence-electron chi connectivity index (χ1n) is 6.78. The zero-order valence-corrected chi connectivity index (χ0v) is 12.2. The van der Waals surface area contributed by atoms with E-state index in [2.05, 4.69) is 29.3 Å². The molecule has 19 heavy (non-hydrogen) atoms. The highest BCUT2D eigenvalue weighted by Crippen LogP contribution is 2.29. The monoisotopic (exact) mass is 268 g/mol. The second-order valence-electron chi connectivity index (χ2n) is 4.85. The molecule has 1 aliphatic rings. The molecule has 6 heteroatoms. The van der Waals surface area contributed by atoms with E-state index in [1.807, 2.05) is 11.7 Å². The molecule has 1 N–H and O–H groups in total. The predicted molar refractivity (Wildman–Crippen MR) is 73.5 cm³/mol. The van der Waals surface area contributed by atoms with Gasteiger partial charge in [-0.1, -0.05) is 0 Å². The second kappa shape index (κ2) is 6.36. The number of nitrogens with zero attached hydrogens (tertiary/aromatic N) is 3. The van der Waals surface area contributed by atoms with Crippen molar-refractivity contribution in [2.24, 2.45) is 0 Å². The van der Waals surface area contributed by atoms with Crippen molar-refractivity contribution in [1.29, 1.82) is 0 Å². The van der Waals surface area contributed by atoms with E-state index >= 15 is 0 Å². The number of hydrogen-bond donors (Lipinski definition) is 1. The van der Waals surface area contributed by atoms with Crippen molar-refractivity contribution in [2.45, 2.75) is 25.6 Å². The van der Waals surface area contributed by atoms with Crippen LogP contribution in [0.1, 0.15) is 18.7 Å². The first kappa shape index (κ1) is 14.3. The Morgan fingerprint density at radius 2 is 2.42 bits per heavy atom. The van der Waals surface area contributed by atoms with Gasteiger partial charge in [0.2, 0.25) is 0 Å². The van der Waals surface area contributed by atoms with Crippen molar-refractivity contribution in [3.05, 3.63) is 11.9 Å². The van der Waals surface area contributed by atoms with Gasteiger partial charge in [0.05, 0.1) is 37.8 Å². The van der Waals surface area contributed by atoms with E-state index in [0.717, 1.165) is 37.7 Å². The molecule has 1 aliphatic heterocycles. The highest BCUT2D eigenvalue weighted by atomic mass is 16.5. The molecule has 1 saturated heterocycles. The Balaban J connectivity index is 2.27. The first-order valence-corrected chi connectivity index (χ1v) is 6.78. The Bertz CT molecular complexity index is 386. The van der Waals surface area contributed by atoms with E-state index < -0.39 is 0 Å². The zero-order valence-electron chi connectivity index (χ0n) is 12.2. The molecule has 0 bridgehead atoms. The van der Waals surface area contributed by atoms with Gasteiger partial charge in [-0.2, -0.15) is 5.10 Å². The summed E-state index contributed by atoms with van der Waals surface area (Å²) in [4.78, 5) is 2.29. The number of hydrogen-bond acceptors (Lipinski definition) is 5. The maximum absolute atomic E-state index is 5.92. The molecule has 0 saturated carbocycles. The van der Waals surface area contributed by atoms with Gasteiger partial charge >= 0.3 is 0 Å². The summed E-state index contributed by atoms with van der Waals surface area (Å²) in [6.07, 6.45) is 1.88. The van der Waals surface area contributed by atoms with Crippen molar-refractivity contribution in [3.63, 3.8) is 0 Å². The fourth-order valence-electron chi connectivity index (χ4n) is 2.61. The van der Waals surface area contributed by atoms with E-state index in [4.69, 9.17) is 9.47 Å². The van der Waals surface area contributed by atoms with Crippen LogP contribution in [0.15, 0.2) is 6.20 Å². The Kier molecular flexibility index (Phi) is 4.79. The van der Waals surface area contributed by atoms with Crippen molar-refractivity contribution in [2.75, 3.05) is 40.9 Å². The average molecular weight is 268 g/mol. The van der Waals surface area contributed by atoms with E-state index in [9.17, 15) is 0 Å². The molecule has 2 unspecified atom stereocenters. The van der Waals surface area contributed by atoms with Gasteiger partial charge < -0.3 is 19.7 Å². The molecule has 2 atom stereocenters. The van der Waals surface area contributed by atoms with Crippen LogP contribution in [0.2, 0.25) is 0 Å². The van der Waals surface area contributed by atoms with Gasteiger partial charge in [0.1, 0.15) is 0 Å². The summed E-state index contributed by atoms with van der Waals surface area (Å²) in [6, 6.07) is 0.0835. The average Bonchev–Trinajstić information content (AvgIpc) is 2.83. The molecule has 2 heterocycles. The Morgan fingerprint density at radius 3 is 3.00 bits per heavy atom. The molecule has 2 rings (SSSR count). The van der Waals surface area contributed by atoms with Crippen LogP contribution in [0.5, 0.6) is 5.75 Å². The molecule has 0 spiro atoms. The summed E-state index contributed by atoms with van der Waals surface area (Å²) in [5.74, 6) is 0.818. The Morgan fingerprint density at radius 1 is 1.63 bits per heavy atom. The number of rotatable bonds is 5. The number of ether oxygens (including phenoxy) is 2. The summed E-state index contributed by atoms with van der Waals surface area (Å²) in [7, 11) is 5.76. The lowest BCUT2D eigenvalue weighted by molar-refractivity contribution is -0.0397. The van der Waals surface area contributed by atoms with Crippen molar-refractivity contribution >= 4 is 0 Å². The summed E-state index contributed by atoms with van der Waals surface area (Å²) >= 11 is 0. The highest BCUT2D eigenvalue weighted by molar-refractivity contribution is 5.29. The van der Waals surface area contributed by atoms with E-state index in [0.29, 0.717) is 0 Å². The van der Waals surface area contributed by atoms with Crippen LogP contribution >= 0.6 is 0 Å². The lowest BCUT2D eigenvalue weighted by Gasteiger charge is -2.35. The van der Waals surface area contributed by atoms with Crippen LogP contribution in [-0.2, 0) is 11.3 Å². The van der Waals surface area contributed by atoms with Crippen LogP contribution in [0.25, 0.3) is 0 Å². The number of aromatic nitrogens is 2. The molecule has 0 aliphatic carbocycles. The third-order valence-electron chi connectivity index (χ3n) is 3.64. The fraction of sp³-hybridized carbons (Fsp3) is 0.769. The maximum Gasteiger partial charge on any atom is 0.161 e. The Labute approximate surface area is 114 Å². The number of morpholine rings is 1. The van der Waals surface area contributed by atoms with Crippen LogP contribution in [-0.4, -0.2) is 61.7 Å². The first-order chi connectivity index (χ1) is 9.21. The van der Waals surface area contributed by atoms with Gasteiger partial charge in [-0.25, -0.2) is 0 Å². The molecule has 108 valence electrons. The minimum atomic E-state index is 0.0835. The second-order valence-corrected chi connectivity index (χ2v) is 4.85. The maximum atomic E-state index is 5.92. The number of methoxy groups -OCH3 is 1. The van der Waals surface area contributed by atoms with Crippen molar-refractivity contribution in [3.8, 4) is 5.75 Å². The summed E-state index contributed by atoms with van der Waals surface area (Å²) in [5.41, 5.74) is 1.06. The standard InChI is InChI=1S/C13H24N4O2/c1-5-17-13(10(18-4)8-15-17)12(14-2)11-9-16(3)6-7-19-11/h8,11-12,14H,5-7,9H2,1-4H3. The summed E-state index contributed by atoms with van der Waals surface area (Å²) in [5, 5.41) is 7.72. The van der Waals surface area contributed by atoms with E-state index in [1.54, 1.807) is 13.3 Å². The number of aryl methyl sites for hydroxylation is 1. The quantitative estimate of drug-likeness (QED) is 0.843. The highest BCUT2D eigenvalue weighted by Gasteiger charge is 2.31. The van der Waals surface area contributed by atoms with Gasteiger partial charge in [0.15, 0.2) is 5.75 Å². The van der Waals surface area contributed by atoms with Gasteiger partial charge in [-0.05, 0) is 21.0 Å². The minimum Gasteiger partial charge on any atom is -0.493 e. The molecule has 0 amide bonds. The number of nitrogens with one attached hydrogen (secondary N) is 1. The third kappa shape index (κ3) is 2.91. The summed E-state index contributed by atoms with van der Waals surface area (Å²) in [6.45, 7) is 5.55. The normalized spacial score (nSPS) is 22.4. The topological polar surface area (TPSA) is 51.5 Å². The lowest BCUT2D eigenvalue weighted by Crippen LogP contribution is -2.46. The van der Waals surface area contributed by atoms with Crippen LogP contribution in [0.3, 0.4) is 0 Å². The Hall–Kier alpha value is -1.11. The SMILES string of the molecule is CCn1ncc(OC)c1C(NC)C1CN(C)CCO1. The predicted octanol–water partition coefficient (Wildman–Crippen LogP) is 0.503. The van der Waals surface area contributed by atoms with Gasteiger partial charge in [-0.3, -0.25) is 4.68 Å². The van der Waals surface area contributed by atoms with E-state index in [1.165, 1.54) is 0 Å². The molecular formula is C13H24N4O2. The molecule has 1 aromatic rings. The fourth-order valence-corrected chi connectivity index (χ4v) is 2.61. The van der Waals surface area contributed by atoms with Crippen molar-refractivity contribution in [1.82, 2.24) is 20.0 Å². The molecule has 6 nitrogen and oxygen atoms in total. The van der Waals surface area contributed by atoms with Crippen molar-refractivity contribution < 1.29 is 9.47 Å². The molecule has 0 radical (unpaired) electrons. The minimum absolute atomic E-state index is 0.0835. The molecule has 1 aromatic heterocycles. The van der Waals surface area contributed by atoms with Gasteiger partial charge in [0.25, 0.3) is 0 Å². The smallest absolute Gasteiger partial charge is 0.161 e. The van der Waals surface area contributed by atoms with Gasteiger partial charge in [-0.15, -0.1) is 0 Å². The molecule has 0 aromatic carbocycles. The molecular weight excluding hydrogens is 244 g/mol. The van der Waals surface area contributed by atoms with Crippen LogP contribution in [0.4, 0.5) is 0 Å². The van der Waals surface area contributed by atoms with Crippen LogP contribution < -0.4 is 10.1 Å². The zero-order chi connectivity index (χ0) is 13.8. The molecule has 1 fully saturated rings.